The van der Waals surface area contributed by atoms with E-state index in [4.69, 9.17) is 4.74 Å². The van der Waals surface area contributed by atoms with Gasteiger partial charge in [0, 0.05) is 30.7 Å². The van der Waals surface area contributed by atoms with E-state index in [9.17, 15) is 5.26 Å². The maximum atomic E-state index is 9.64. The Morgan fingerprint density at radius 3 is 2.58 bits per heavy atom. The first-order valence-electron chi connectivity index (χ1n) is 15.7. The summed E-state index contributed by atoms with van der Waals surface area (Å²) < 4.78 is 8.88. The summed E-state index contributed by atoms with van der Waals surface area (Å²) in [6.45, 7) is 8.74. The van der Waals surface area contributed by atoms with Crippen LogP contribution in [0.2, 0.25) is 0 Å². The highest BCUT2D eigenvalue weighted by atomic mass is 16.5. The van der Waals surface area contributed by atoms with Crippen molar-refractivity contribution in [3.8, 4) is 11.8 Å². The Balaban J connectivity index is 1.47. The van der Waals surface area contributed by atoms with Gasteiger partial charge < -0.3 is 9.64 Å². The Bertz CT molecular complexity index is 1790. The average molecular weight is 567 g/mol. The lowest BCUT2D eigenvalue weighted by Crippen LogP contribution is -2.34. The summed E-state index contributed by atoms with van der Waals surface area (Å²) in [7, 11) is 0. The van der Waals surface area contributed by atoms with Crippen LogP contribution in [0.5, 0.6) is 5.75 Å². The fourth-order valence-electron chi connectivity index (χ4n) is 6.74. The molecule has 4 aromatic carbocycles. The number of nitriles is 1. The number of ether oxygens (including phenoxy) is 1. The third-order valence-corrected chi connectivity index (χ3v) is 8.82. The molecule has 43 heavy (non-hydrogen) atoms. The van der Waals surface area contributed by atoms with Crippen molar-refractivity contribution in [2.45, 2.75) is 58.3 Å². The second-order valence-electron chi connectivity index (χ2n) is 11.8. The quantitative estimate of drug-likeness (QED) is 0.180. The standard InChI is InChI=1S/C39H40N3O/c1-4-6-24-41-34-23-22-31-16-8-9-17-32(31)38(34)39(3,27-29-14-12-15-30(26-29)28-40)36(41)20-13-21-37-42(25-7-5-2)33-18-10-11-19-35(33)43-37/h8-23,26H,4-7,24-25,27H2,1-3H3/q+1. The summed E-state index contributed by atoms with van der Waals surface area (Å²) in [6, 6.07) is 32.0. The molecule has 0 amide bonds. The molecule has 0 saturated heterocycles. The zero-order valence-corrected chi connectivity index (χ0v) is 25.5. The van der Waals surface area contributed by atoms with E-state index in [1.54, 1.807) is 0 Å². The van der Waals surface area contributed by atoms with Gasteiger partial charge in [0.25, 0.3) is 0 Å². The largest absolute Gasteiger partial charge is 0.439 e. The number of hydrogen-bond acceptors (Lipinski definition) is 3. The highest BCUT2D eigenvalue weighted by Crippen LogP contribution is 2.46. The smallest absolute Gasteiger partial charge is 0.210 e. The number of hydrogen-bond donors (Lipinski definition) is 0. The Labute approximate surface area is 255 Å². The molecule has 0 N–H and O–H groups in total. The molecule has 1 unspecified atom stereocenters. The van der Waals surface area contributed by atoms with Crippen molar-refractivity contribution in [2.24, 2.45) is 0 Å². The molecule has 216 valence electrons. The number of anilines is 1. The summed E-state index contributed by atoms with van der Waals surface area (Å²) in [5, 5.41) is 12.2. The van der Waals surface area contributed by atoms with Gasteiger partial charge in [-0.1, -0.05) is 81.3 Å². The van der Waals surface area contributed by atoms with E-state index in [1.165, 1.54) is 33.3 Å². The van der Waals surface area contributed by atoms with Crippen molar-refractivity contribution < 1.29 is 9.31 Å². The number of rotatable bonds is 10. The summed E-state index contributed by atoms with van der Waals surface area (Å²) in [4.78, 5) is 2.30. The summed E-state index contributed by atoms with van der Waals surface area (Å²) in [5.41, 5.74) is 6.64. The van der Waals surface area contributed by atoms with E-state index in [0.29, 0.717) is 5.56 Å². The topological polar surface area (TPSA) is 39.3 Å². The van der Waals surface area contributed by atoms with Gasteiger partial charge in [-0.25, -0.2) is 0 Å². The Morgan fingerprint density at radius 1 is 0.930 bits per heavy atom. The van der Waals surface area contributed by atoms with Crippen molar-refractivity contribution in [3.05, 3.63) is 126 Å². The van der Waals surface area contributed by atoms with E-state index < -0.39 is 0 Å². The minimum atomic E-state index is -0.297. The number of benzene rings is 4. The molecule has 0 radical (unpaired) electrons. The lowest BCUT2D eigenvalue weighted by atomic mass is 9.73. The molecule has 0 aromatic heterocycles. The molecule has 2 aliphatic heterocycles. The van der Waals surface area contributed by atoms with E-state index in [0.717, 1.165) is 62.5 Å². The molecule has 2 heterocycles. The molecule has 4 heteroatoms. The predicted octanol–water partition coefficient (Wildman–Crippen LogP) is 9.21. The highest BCUT2D eigenvalue weighted by Gasteiger charge is 2.48. The lowest BCUT2D eigenvalue weighted by Gasteiger charge is -2.24. The monoisotopic (exact) mass is 566 g/mol. The molecule has 0 saturated carbocycles. The van der Waals surface area contributed by atoms with Crippen LogP contribution in [0, 0.1) is 11.3 Å². The van der Waals surface area contributed by atoms with Gasteiger partial charge in [0.15, 0.2) is 11.5 Å². The van der Waals surface area contributed by atoms with Crippen molar-refractivity contribution in [1.29, 1.82) is 5.26 Å². The highest BCUT2D eigenvalue weighted by molar-refractivity contribution is 6.08. The molecule has 0 bridgehead atoms. The summed E-state index contributed by atoms with van der Waals surface area (Å²) >= 11 is 0. The van der Waals surface area contributed by atoms with E-state index in [2.05, 4.69) is 109 Å². The number of allylic oxidation sites excluding steroid dienone is 3. The normalized spacial score (nSPS) is 18.4. The minimum Gasteiger partial charge on any atom is -0.439 e. The van der Waals surface area contributed by atoms with Crippen LogP contribution in [-0.2, 0) is 11.8 Å². The van der Waals surface area contributed by atoms with Gasteiger partial charge in [0.2, 0.25) is 11.6 Å². The van der Waals surface area contributed by atoms with Crippen molar-refractivity contribution in [3.63, 3.8) is 0 Å². The van der Waals surface area contributed by atoms with Crippen LogP contribution in [0.15, 0.2) is 109 Å². The number of unbranched alkanes of at least 4 members (excludes halogenated alkanes) is 2. The summed E-state index contributed by atoms with van der Waals surface area (Å²) in [5.74, 6) is 1.79. The minimum absolute atomic E-state index is 0.297. The van der Waals surface area contributed by atoms with E-state index in [1.807, 2.05) is 30.3 Å². The number of fused-ring (bicyclic) bond motifs is 4. The van der Waals surface area contributed by atoms with Crippen molar-refractivity contribution in [1.82, 2.24) is 0 Å². The number of nitrogens with zero attached hydrogens (tertiary/aromatic N) is 3. The lowest BCUT2D eigenvalue weighted by molar-refractivity contribution is -0.438. The van der Waals surface area contributed by atoms with Gasteiger partial charge in [-0.2, -0.15) is 9.84 Å². The van der Waals surface area contributed by atoms with E-state index in [-0.39, 0.29) is 5.41 Å². The first-order valence-corrected chi connectivity index (χ1v) is 15.7. The molecule has 1 atom stereocenters. The Hall–Kier alpha value is -4.62. The second-order valence-corrected chi connectivity index (χ2v) is 11.8. The predicted molar refractivity (Wildman–Crippen MR) is 177 cm³/mol. The van der Waals surface area contributed by atoms with Gasteiger partial charge in [0.1, 0.15) is 6.54 Å². The molecule has 0 aliphatic carbocycles. The van der Waals surface area contributed by atoms with Crippen LogP contribution < -0.4 is 9.64 Å². The average Bonchev–Trinajstić information content (AvgIpc) is 3.50. The van der Waals surface area contributed by atoms with Gasteiger partial charge in [-0.3, -0.25) is 0 Å². The molecule has 0 spiro atoms. The molecule has 4 nitrogen and oxygen atoms in total. The van der Waals surface area contributed by atoms with E-state index >= 15 is 0 Å². The van der Waals surface area contributed by atoms with Crippen LogP contribution >= 0.6 is 0 Å². The van der Waals surface area contributed by atoms with Crippen LogP contribution in [-0.4, -0.2) is 23.4 Å². The fourth-order valence-corrected chi connectivity index (χ4v) is 6.74. The molecular formula is C39H40N3O+. The van der Waals surface area contributed by atoms with Crippen LogP contribution in [0.25, 0.3) is 10.8 Å². The first kappa shape index (κ1) is 28.5. The van der Waals surface area contributed by atoms with Crippen LogP contribution in [0.3, 0.4) is 0 Å². The van der Waals surface area contributed by atoms with Crippen molar-refractivity contribution >= 4 is 27.9 Å². The van der Waals surface area contributed by atoms with Gasteiger partial charge in [0.05, 0.1) is 22.7 Å². The van der Waals surface area contributed by atoms with Crippen LogP contribution in [0.1, 0.15) is 63.1 Å². The zero-order valence-electron chi connectivity index (χ0n) is 25.5. The third kappa shape index (κ3) is 5.37. The summed E-state index contributed by atoms with van der Waals surface area (Å²) in [6.07, 6.45) is 11.9. The van der Waals surface area contributed by atoms with Gasteiger partial charge in [-0.05, 0) is 72.5 Å². The molecule has 4 aromatic rings. The maximum absolute atomic E-state index is 9.64. The second kappa shape index (κ2) is 12.3. The van der Waals surface area contributed by atoms with Crippen molar-refractivity contribution in [2.75, 3.05) is 18.0 Å². The van der Waals surface area contributed by atoms with Gasteiger partial charge in [-0.15, -0.1) is 0 Å². The molecule has 0 fully saturated rings. The molecular weight excluding hydrogens is 526 g/mol. The fraction of sp³-hybridized carbons (Fsp3) is 0.282. The van der Waals surface area contributed by atoms with Crippen LogP contribution in [0.4, 0.5) is 11.4 Å². The molecule has 6 rings (SSSR count). The molecule has 2 aliphatic rings. The Morgan fingerprint density at radius 2 is 1.74 bits per heavy atom. The first-order chi connectivity index (χ1) is 21.1. The number of para-hydroxylation sites is 2. The maximum Gasteiger partial charge on any atom is 0.210 e. The Kier molecular flexibility index (Phi) is 8.16. The third-order valence-electron chi connectivity index (χ3n) is 8.82. The zero-order chi connectivity index (χ0) is 29.8. The van der Waals surface area contributed by atoms with Gasteiger partial charge >= 0.3 is 0 Å². The SMILES string of the molecule is CCCCN1/C(=C/C=C/C2=[N+](CCCC)c3ccc4ccccc4c3C2(C)Cc2cccc(C#N)c2)Oc2ccccc21.